The molecule has 0 fully saturated rings. The van der Waals surface area contributed by atoms with E-state index in [1.165, 1.54) is 10.9 Å². The molecule has 0 spiro atoms. The minimum Gasteiger partial charge on any atom is -0.325 e. The largest absolute Gasteiger partial charge is 0.325 e. The van der Waals surface area contributed by atoms with E-state index >= 15 is 0 Å². The lowest BCUT2D eigenvalue weighted by atomic mass is 10.0. The Bertz CT molecular complexity index is 814. The van der Waals surface area contributed by atoms with Gasteiger partial charge in [-0.3, -0.25) is 4.79 Å². The molecule has 0 bridgehead atoms. The van der Waals surface area contributed by atoms with Crippen LogP contribution in [0.15, 0.2) is 72.8 Å². The SMILES string of the molecule is CCC(NCC(=O)Nc1ccc2ccccc2c1)c1ccccc1. The topological polar surface area (TPSA) is 41.1 Å². The van der Waals surface area contributed by atoms with Gasteiger partial charge in [-0.15, -0.1) is 0 Å². The zero-order valence-electron chi connectivity index (χ0n) is 13.8. The summed E-state index contributed by atoms with van der Waals surface area (Å²) in [5.74, 6) is -0.0281. The van der Waals surface area contributed by atoms with Crippen molar-refractivity contribution in [1.29, 1.82) is 0 Å². The van der Waals surface area contributed by atoms with E-state index in [-0.39, 0.29) is 11.9 Å². The summed E-state index contributed by atoms with van der Waals surface area (Å²) in [7, 11) is 0. The first kappa shape index (κ1) is 16.2. The molecule has 0 aromatic heterocycles. The van der Waals surface area contributed by atoms with Gasteiger partial charge >= 0.3 is 0 Å². The molecule has 0 saturated carbocycles. The molecule has 3 aromatic carbocycles. The molecule has 1 amide bonds. The van der Waals surface area contributed by atoms with Crippen molar-refractivity contribution in [2.45, 2.75) is 19.4 Å². The molecule has 0 radical (unpaired) electrons. The van der Waals surface area contributed by atoms with E-state index in [4.69, 9.17) is 0 Å². The number of carbonyl (C=O) groups is 1. The number of benzene rings is 3. The van der Waals surface area contributed by atoms with Crippen molar-refractivity contribution in [3.05, 3.63) is 78.4 Å². The molecule has 2 N–H and O–H groups in total. The van der Waals surface area contributed by atoms with Gasteiger partial charge in [-0.1, -0.05) is 67.6 Å². The quantitative estimate of drug-likeness (QED) is 0.701. The van der Waals surface area contributed by atoms with Crippen molar-refractivity contribution in [1.82, 2.24) is 5.32 Å². The van der Waals surface area contributed by atoms with Gasteiger partial charge < -0.3 is 10.6 Å². The molecule has 0 aliphatic carbocycles. The van der Waals surface area contributed by atoms with E-state index in [0.29, 0.717) is 6.54 Å². The number of amides is 1. The fourth-order valence-corrected chi connectivity index (χ4v) is 2.87. The molecule has 3 aromatic rings. The first-order chi connectivity index (χ1) is 11.8. The highest BCUT2D eigenvalue weighted by molar-refractivity contribution is 5.95. The molecular formula is C21H22N2O. The third-order valence-corrected chi connectivity index (χ3v) is 4.15. The second-order valence-corrected chi connectivity index (χ2v) is 5.86. The van der Waals surface area contributed by atoms with E-state index in [2.05, 4.69) is 35.8 Å². The summed E-state index contributed by atoms with van der Waals surface area (Å²) in [5.41, 5.74) is 2.03. The number of carbonyl (C=O) groups excluding carboxylic acids is 1. The fourth-order valence-electron chi connectivity index (χ4n) is 2.87. The number of hydrogen-bond acceptors (Lipinski definition) is 2. The summed E-state index contributed by atoms with van der Waals surface area (Å²) >= 11 is 0. The van der Waals surface area contributed by atoms with E-state index < -0.39 is 0 Å². The first-order valence-corrected chi connectivity index (χ1v) is 8.33. The summed E-state index contributed by atoms with van der Waals surface area (Å²) in [6.07, 6.45) is 0.938. The van der Waals surface area contributed by atoms with Crippen molar-refractivity contribution in [2.24, 2.45) is 0 Å². The highest BCUT2D eigenvalue weighted by Crippen LogP contribution is 2.19. The van der Waals surface area contributed by atoms with Crippen LogP contribution in [0.2, 0.25) is 0 Å². The van der Waals surface area contributed by atoms with Crippen molar-refractivity contribution in [3.63, 3.8) is 0 Å². The van der Waals surface area contributed by atoms with Gasteiger partial charge in [0.15, 0.2) is 0 Å². The normalized spacial score (nSPS) is 12.0. The lowest BCUT2D eigenvalue weighted by Gasteiger charge is -2.17. The van der Waals surface area contributed by atoms with Crippen LogP contribution in [0.3, 0.4) is 0 Å². The third-order valence-electron chi connectivity index (χ3n) is 4.15. The molecule has 24 heavy (non-hydrogen) atoms. The summed E-state index contributed by atoms with van der Waals surface area (Å²) in [6, 6.07) is 24.5. The minimum absolute atomic E-state index is 0.0281. The fraction of sp³-hybridized carbons (Fsp3) is 0.190. The van der Waals surface area contributed by atoms with Crippen LogP contribution < -0.4 is 10.6 Å². The molecule has 0 aliphatic rings. The lowest BCUT2D eigenvalue weighted by molar-refractivity contribution is -0.115. The van der Waals surface area contributed by atoms with Crippen molar-refractivity contribution >= 4 is 22.4 Å². The van der Waals surface area contributed by atoms with E-state index in [1.54, 1.807) is 0 Å². The highest BCUT2D eigenvalue weighted by atomic mass is 16.1. The van der Waals surface area contributed by atoms with Crippen molar-refractivity contribution < 1.29 is 4.79 Å². The average molecular weight is 318 g/mol. The van der Waals surface area contributed by atoms with Crippen molar-refractivity contribution in [3.8, 4) is 0 Å². The second-order valence-electron chi connectivity index (χ2n) is 5.86. The van der Waals surface area contributed by atoms with Gasteiger partial charge in [-0.2, -0.15) is 0 Å². The molecule has 3 nitrogen and oxygen atoms in total. The predicted octanol–water partition coefficient (Wildman–Crippen LogP) is 4.52. The summed E-state index contributed by atoms with van der Waals surface area (Å²) in [4.78, 5) is 12.2. The van der Waals surface area contributed by atoms with Crippen LogP contribution >= 0.6 is 0 Å². The van der Waals surface area contributed by atoms with E-state index in [1.807, 2.05) is 54.6 Å². The smallest absolute Gasteiger partial charge is 0.238 e. The van der Waals surface area contributed by atoms with E-state index in [9.17, 15) is 4.79 Å². The molecule has 122 valence electrons. The predicted molar refractivity (Wildman–Crippen MR) is 100 cm³/mol. The van der Waals surface area contributed by atoms with Gasteiger partial charge in [0.2, 0.25) is 5.91 Å². The summed E-state index contributed by atoms with van der Waals surface area (Å²) in [5, 5.41) is 8.59. The van der Waals surface area contributed by atoms with Crippen LogP contribution in [0.4, 0.5) is 5.69 Å². The molecule has 3 heteroatoms. The summed E-state index contributed by atoms with van der Waals surface area (Å²) < 4.78 is 0. The Hall–Kier alpha value is -2.65. The van der Waals surface area contributed by atoms with Gasteiger partial charge in [0.05, 0.1) is 6.54 Å². The van der Waals surface area contributed by atoms with Gasteiger partial charge in [-0.05, 0) is 34.9 Å². The van der Waals surface area contributed by atoms with Crippen LogP contribution in [-0.2, 0) is 4.79 Å². The molecule has 1 atom stereocenters. The van der Waals surface area contributed by atoms with Crippen LogP contribution in [0.1, 0.15) is 24.9 Å². The Morgan fingerprint density at radius 3 is 2.38 bits per heavy atom. The van der Waals surface area contributed by atoms with Gasteiger partial charge in [0.1, 0.15) is 0 Å². The Kier molecular flexibility index (Phi) is 5.24. The molecular weight excluding hydrogens is 296 g/mol. The highest BCUT2D eigenvalue weighted by Gasteiger charge is 2.10. The molecule has 0 saturated heterocycles. The van der Waals surface area contributed by atoms with Gasteiger partial charge in [0.25, 0.3) is 0 Å². The van der Waals surface area contributed by atoms with Crippen LogP contribution in [0.25, 0.3) is 10.8 Å². The van der Waals surface area contributed by atoms with E-state index in [0.717, 1.165) is 17.5 Å². The number of hydrogen-bond donors (Lipinski definition) is 2. The van der Waals surface area contributed by atoms with Gasteiger partial charge in [-0.25, -0.2) is 0 Å². The number of rotatable bonds is 6. The van der Waals surface area contributed by atoms with Crippen LogP contribution in [-0.4, -0.2) is 12.5 Å². The van der Waals surface area contributed by atoms with Crippen LogP contribution in [0.5, 0.6) is 0 Å². The minimum atomic E-state index is -0.0281. The average Bonchev–Trinajstić information content (AvgIpc) is 2.63. The second kappa shape index (κ2) is 7.75. The zero-order valence-corrected chi connectivity index (χ0v) is 13.8. The molecule has 0 heterocycles. The van der Waals surface area contributed by atoms with Gasteiger partial charge in [0, 0.05) is 11.7 Å². The maximum atomic E-state index is 12.2. The van der Waals surface area contributed by atoms with Crippen LogP contribution in [0, 0.1) is 0 Å². The molecule has 0 aliphatic heterocycles. The maximum Gasteiger partial charge on any atom is 0.238 e. The monoisotopic (exact) mass is 318 g/mol. The Morgan fingerprint density at radius 1 is 0.917 bits per heavy atom. The standard InChI is InChI=1S/C21H22N2O/c1-2-20(17-9-4-3-5-10-17)22-15-21(24)23-19-13-12-16-8-6-7-11-18(16)14-19/h3-14,20,22H,2,15H2,1H3,(H,23,24). The van der Waals surface area contributed by atoms with Crippen molar-refractivity contribution in [2.75, 3.05) is 11.9 Å². The Balaban J connectivity index is 1.60. The third kappa shape index (κ3) is 4.00. The lowest BCUT2D eigenvalue weighted by Crippen LogP contribution is -2.31. The Morgan fingerprint density at radius 2 is 1.62 bits per heavy atom. The Labute approximate surface area is 142 Å². The number of nitrogens with one attached hydrogen (secondary N) is 2. The number of fused-ring (bicyclic) bond motifs is 1. The summed E-state index contributed by atoms with van der Waals surface area (Å²) in [6.45, 7) is 2.41. The maximum absolute atomic E-state index is 12.2. The molecule has 1 unspecified atom stereocenters. The molecule has 3 rings (SSSR count). The number of anilines is 1. The first-order valence-electron chi connectivity index (χ1n) is 8.33. The zero-order chi connectivity index (χ0) is 16.8.